The van der Waals surface area contributed by atoms with E-state index in [2.05, 4.69) is 10.6 Å². The monoisotopic (exact) mass is 418 g/mol. The van der Waals surface area contributed by atoms with Crippen LogP contribution in [0.3, 0.4) is 0 Å². The Labute approximate surface area is 181 Å². The SMILES string of the molecule is COc1ccc(C(=O)NCCCC(=O)Nc2c3c(nn2-c2ccccc2)CCC3)cc1. The molecular formula is C24H26N4O3. The van der Waals surface area contributed by atoms with Gasteiger partial charge in [-0.2, -0.15) is 5.10 Å². The minimum Gasteiger partial charge on any atom is -0.497 e. The summed E-state index contributed by atoms with van der Waals surface area (Å²) in [5.74, 6) is 1.23. The smallest absolute Gasteiger partial charge is 0.251 e. The van der Waals surface area contributed by atoms with Crippen LogP contribution in [-0.2, 0) is 17.6 Å². The summed E-state index contributed by atoms with van der Waals surface area (Å²) in [7, 11) is 1.58. The summed E-state index contributed by atoms with van der Waals surface area (Å²) in [6, 6.07) is 16.8. The number of benzene rings is 2. The van der Waals surface area contributed by atoms with Crippen LogP contribution in [0.2, 0.25) is 0 Å². The number of rotatable bonds is 8. The van der Waals surface area contributed by atoms with E-state index in [1.54, 1.807) is 31.4 Å². The molecule has 0 bridgehead atoms. The van der Waals surface area contributed by atoms with Gasteiger partial charge in [0.05, 0.1) is 18.5 Å². The molecule has 0 saturated carbocycles. The number of aromatic nitrogens is 2. The van der Waals surface area contributed by atoms with E-state index in [0.29, 0.717) is 30.7 Å². The Morgan fingerprint density at radius 1 is 1.06 bits per heavy atom. The number of hydrogen-bond donors (Lipinski definition) is 2. The summed E-state index contributed by atoms with van der Waals surface area (Å²) in [5.41, 5.74) is 3.68. The van der Waals surface area contributed by atoms with Crippen LogP contribution in [0.4, 0.5) is 5.82 Å². The summed E-state index contributed by atoms with van der Waals surface area (Å²) in [6.07, 6.45) is 3.80. The van der Waals surface area contributed by atoms with Crippen molar-refractivity contribution in [2.45, 2.75) is 32.1 Å². The highest BCUT2D eigenvalue weighted by molar-refractivity contribution is 5.94. The third-order valence-electron chi connectivity index (χ3n) is 5.38. The standard InChI is InChI=1S/C24H26N4O3/c1-31-19-14-12-17(13-15-19)24(30)25-16-6-11-22(29)26-23-20-9-5-10-21(20)27-28(23)18-7-3-2-4-8-18/h2-4,7-8,12-15H,5-6,9-11,16H2,1H3,(H,25,30)(H,26,29). The van der Waals surface area contributed by atoms with Crippen molar-refractivity contribution < 1.29 is 14.3 Å². The molecule has 0 atom stereocenters. The second kappa shape index (κ2) is 9.47. The minimum absolute atomic E-state index is 0.0783. The van der Waals surface area contributed by atoms with E-state index in [-0.39, 0.29) is 11.8 Å². The largest absolute Gasteiger partial charge is 0.497 e. The first-order valence-electron chi connectivity index (χ1n) is 10.5. The van der Waals surface area contributed by atoms with Gasteiger partial charge in [-0.15, -0.1) is 0 Å². The van der Waals surface area contributed by atoms with Crippen molar-refractivity contribution in [1.29, 1.82) is 0 Å². The van der Waals surface area contributed by atoms with E-state index in [0.717, 1.165) is 42.0 Å². The lowest BCUT2D eigenvalue weighted by Crippen LogP contribution is -2.25. The van der Waals surface area contributed by atoms with E-state index >= 15 is 0 Å². The molecule has 0 unspecified atom stereocenters. The second-order valence-electron chi connectivity index (χ2n) is 7.51. The predicted octanol–water partition coefficient (Wildman–Crippen LogP) is 3.52. The molecule has 7 heteroatoms. The predicted molar refractivity (Wildman–Crippen MR) is 119 cm³/mol. The van der Waals surface area contributed by atoms with Gasteiger partial charge >= 0.3 is 0 Å². The van der Waals surface area contributed by atoms with Gasteiger partial charge in [0, 0.05) is 24.1 Å². The van der Waals surface area contributed by atoms with Crippen LogP contribution in [0.15, 0.2) is 54.6 Å². The molecule has 2 aromatic carbocycles. The van der Waals surface area contributed by atoms with Crippen molar-refractivity contribution in [2.75, 3.05) is 19.0 Å². The minimum atomic E-state index is -0.164. The van der Waals surface area contributed by atoms with Gasteiger partial charge in [-0.1, -0.05) is 18.2 Å². The average molecular weight is 418 g/mol. The molecule has 7 nitrogen and oxygen atoms in total. The molecule has 1 aromatic heterocycles. The highest BCUT2D eigenvalue weighted by atomic mass is 16.5. The fourth-order valence-corrected chi connectivity index (χ4v) is 3.77. The summed E-state index contributed by atoms with van der Waals surface area (Å²) >= 11 is 0. The number of methoxy groups -OCH3 is 1. The van der Waals surface area contributed by atoms with Crippen molar-refractivity contribution in [3.05, 3.63) is 71.4 Å². The van der Waals surface area contributed by atoms with E-state index in [4.69, 9.17) is 9.84 Å². The molecule has 0 aliphatic heterocycles. The van der Waals surface area contributed by atoms with Gasteiger partial charge in [-0.05, 0) is 62.1 Å². The van der Waals surface area contributed by atoms with E-state index in [1.807, 2.05) is 35.0 Å². The highest BCUT2D eigenvalue weighted by Gasteiger charge is 2.24. The van der Waals surface area contributed by atoms with Crippen molar-refractivity contribution in [1.82, 2.24) is 15.1 Å². The number of amides is 2. The van der Waals surface area contributed by atoms with Gasteiger partial charge in [0.15, 0.2) is 0 Å². The third kappa shape index (κ3) is 4.77. The number of ether oxygens (including phenoxy) is 1. The molecule has 0 saturated heterocycles. The number of carbonyl (C=O) groups excluding carboxylic acids is 2. The number of aryl methyl sites for hydroxylation is 1. The molecule has 160 valence electrons. The molecule has 1 aliphatic carbocycles. The van der Waals surface area contributed by atoms with Crippen LogP contribution in [0.25, 0.3) is 5.69 Å². The van der Waals surface area contributed by atoms with Crippen molar-refractivity contribution in [2.24, 2.45) is 0 Å². The first kappa shape index (κ1) is 20.7. The van der Waals surface area contributed by atoms with Crippen molar-refractivity contribution in [3.63, 3.8) is 0 Å². The number of carbonyl (C=O) groups is 2. The Morgan fingerprint density at radius 3 is 2.58 bits per heavy atom. The zero-order chi connectivity index (χ0) is 21.6. The maximum absolute atomic E-state index is 12.6. The quantitative estimate of drug-likeness (QED) is 0.548. The Balaban J connectivity index is 1.32. The number of fused-ring (bicyclic) bond motifs is 1. The normalized spacial score (nSPS) is 12.3. The molecule has 31 heavy (non-hydrogen) atoms. The molecule has 1 heterocycles. The molecule has 0 radical (unpaired) electrons. The molecule has 0 spiro atoms. The first-order chi connectivity index (χ1) is 15.2. The van der Waals surface area contributed by atoms with Crippen LogP contribution in [0.1, 0.15) is 40.9 Å². The maximum Gasteiger partial charge on any atom is 0.251 e. The summed E-state index contributed by atoms with van der Waals surface area (Å²) < 4.78 is 6.93. The van der Waals surface area contributed by atoms with E-state index in [9.17, 15) is 9.59 Å². The van der Waals surface area contributed by atoms with Gasteiger partial charge in [-0.3, -0.25) is 9.59 Å². The second-order valence-corrected chi connectivity index (χ2v) is 7.51. The fourth-order valence-electron chi connectivity index (χ4n) is 3.77. The van der Waals surface area contributed by atoms with Crippen LogP contribution >= 0.6 is 0 Å². The highest BCUT2D eigenvalue weighted by Crippen LogP contribution is 2.31. The number of anilines is 1. The number of nitrogens with zero attached hydrogens (tertiary/aromatic N) is 2. The zero-order valence-corrected chi connectivity index (χ0v) is 17.6. The number of para-hydroxylation sites is 1. The number of hydrogen-bond acceptors (Lipinski definition) is 4. The molecule has 1 aliphatic rings. The van der Waals surface area contributed by atoms with Gasteiger partial charge in [-0.25, -0.2) is 4.68 Å². The molecule has 0 fully saturated rings. The lowest BCUT2D eigenvalue weighted by Gasteiger charge is -2.11. The average Bonchev–Trinajstić information content (AvgIpc) is 3.40. The Morgan fingerprint density at radius 2 is 1.84 bits per heavy atom. The number of nitrogens with one attached hydrogen (secondary N) is 2. The first-order valence-corrected chi connectivity index (χ1v) is 10.5. The lowest BCUT2D eigenvalue weighted by molar-refractivity contribution is -0.116. The molecule has 2 N–H and O–H groups in total. The van der Waals surface area contributed by atoms with E-state index < -0.39 is 0 Å². The topological polar surface area (TPSA) is 85.2 Å². The van der Waals surface area contributed by atoms with Gasteiger partial charge in [0.2, 0.25) is 5.91 Å². The Bertz CT molecular complexity index is 1060. The maximum atomic E-state index is 12.6. The summed E-state index contributed by atoms with van der Waals surface area (Å²) in [4.78, 5) is 24.8. The van der Waals surface area contributed by atoms with Gasteiger partial charge < -0.3 is 15.4 Å². The van der Waals surface area contributed by atoms with Crippen LogP contribution in [-0.4, -0.2) is 35.2 Å². The molecule has 3 aromatic rings. The Hall–Kier alpha value is -3.61. The zero-order valence-electron chi connectivity index (χ0n) is 17.6. The lowest BCUT2D eigenvalue weighted by atomic mass is 10.2. The molecule has 4 rings (SSSR count). The van der Waals surface area contributed by atoms with Crippen LogP contribution in [0, 0.1) is 0 Å². The van der Waals surface area contributed by atoms with Gasteiger partial charge in [0.25, 0.3) is 5.91 Å². The van der Waals surface area contributed by atoms with Crippen LogP contribution < -0.4 is 15.4 Å². The van der Waals surface area contributed by atoms with E-state index in [1.165, 1.54) is 0 Å². The molecular weight excluding hydrogens is 392 g/mol. The molecule has 2 amide bonds. The fraction of sp³-hybridized carbons (Fsp3) is 0.292. The van der Waals surface area contributed by atoms with Crippen LogP contribution in [0.5, 0.6) is 5.75 Å². The Kier molecular flexibility index (Phi) is 6.31. The van der Waals surface area contributed by atoms with Gasteiger partial charge in [0.1, 0.15) is 11.6 Å². The van der Waals surface area contributed by atoms with Crippen molar-refractivity contribution >= 4 is 17.6 Å². The van der Waals surface area contributed by atoms with Crippen molar-refractivity contribution in [3.8, 4) is 11.4 Å². The summed E-state index contributed by atoms with van der Waals surface area (Å²) in [5, 5.41) is 10.6. The summed E-state index contributed by atoms with van der Waals surface area (Å²) in [6.45, 7) is 0.425. The third-order valence-corrected chi connectivity index (χ3v) is 5.38.